The molecule has 1 amide bonds. The number of rotatable bonds is 7. The summed E-state index contributed by atoms with van der Waals surface area (Å²) in [6.07, 6.45) is 4.94. The van der Waals surface area contributed by atoms with Gasteiger partial charge in [-0.3, -0.25) is 9.10 Å². The molecule has 0 radical (unpaired) electrons. The number of fused-ring (bicyclic) bond motifs is 1. The highest BCUT2D eigenvalue weighted by molar-refractivity contribution is 7.92. The summed E-state index contributed by atoms with van der Waals surface area (Å²) in [6.45, 7) is 0.148. The Labute approximate surface area is 203 Å². The number of sulfonamides is 1. The van der Waals surface area contributed by atoms with Crippen molar-refractivity contribution >= 4 is 43.9 Å². The number of esters is 1. The van der Waals surface area contributed by atoms with E-state index in [0.717, 1.165) is 41.7 Å². The van der Waals surface area contributed by atoms with Crippen molar-refractivity contribution in [3.05, 3.63) is 81.7 Å². The van der Waals surface area contributed by atoms with Crippen LogP contribution < -0.4 is 9.62 Å². The Hall–Kier alpha value is -3.17. The summed E-state index contributed by atoms with van der Waals surface area (Å²) in [5.41, 5.74) is 3.17. The van der Waals surface area contributed by atoms with Gasteiger partial charge in [-0.2, -0.15) is 0 Å². The van der Waals surface area contributed by atoms with E-state index in [4.69, 9.17) is 4.74 Å². The minimum atomic E-state index is -3.49. The van der Waals surface area contributed by atoms with Gasteiger partial charge in [-0.15, -0.1) is 11.3 Å². The second-order valence-electron chi connectivity index (χ2n) is 8.16. The number of hydrogen-bond donors (Lipinski definition) is 1. The number of benzene rings is 2. The molecule has 0 unspecified atom stereocenters. The van der Waals surface area contributed by atoms with E-state index in [2.05, 4.69) is 5.32 Å². The summed E-state index contributed by atoms with van der Waals surface area (Å²) in [6, 6.07) is 15.6. The van der Waals surface area contributed by atoms with Gasteiger partial charge in [-0.25, -0.2) is 13.2 Å². The number of carbonyl (C=O) groups is 2. The van der Waals surface area contributed by atoms with Crippen molar-refractivity contribution in [1.29, 1.82) is 0 Å². The summed E-state index contributed by atoms with van der Waals surface area (Å²) >= 11 is 1.43. The minimum absolute atomic E-state index is 0.148. The Bertz CT molecular complexity index is 1300. The molecule has 0 fully saturated rings. The second-order valence-corrected chi connectivity index (χ2v) is 11.2. The molecule has 1 aromatic heterocycles. The van der Waals surface area contributed by atoms with Gasteiger partial charge in [0.25, 0.3) is 5.91 Å². The Morgan fingerprint density at radius 2 is 1.71 bits per heavy atom. The third-order valence-electron chi connectivity index (χ3n) is 5.77. The monoisotopic (exact) mass is 498 g/mol. The molecule has 1 aliphatic rings. The fraction of sp³-hybridized carbons (Fsp3) is 0.280. The van der Waals surface area contributed by atoms with Crippen LogP contribution in [0.5, 0.6) is 0 Å². The molecule has 9 heteroatoms. The van der Waals surface area contributed by atoms with Crippen molar-refractivity contribution in [1.82, 2.24) is 0 Å². The first-order chi connectivity index (χ1) is 16.3. The normalized spacial score (nSPS) is 13.1. The molecular formula is C25H26N2O5S2. The molecule has 178 valence electrons. The molecule has 7 nitrogen and oxygen atoms in total. The average Bonchev–Trinajstić information content (AvgIpc) is 3.20. The lowest BCUT2D eigenvalue weighted by Gasteiger charge is -2.22. The molecule has 1 aliphatic carbocycles. The maximum atomic E-state index is 12.9. The van der Waals surface area contributed by atoms with Gasteiger partial charge in [0.1, 0.15) is 5.00 Å². The van der Waals surface area contributed by atoms with Gasteiger partial charge in [0.05, 0.1) is 31.2 Å². The Kier molecular flexibility index (Phi) is 7.04. The summed E-state index contributed by atoms with van der Waals surface area (Å²) in [7, 11) is -2.15. The highest BCUT2D eigenvalue weighted by Gasteiger charge is 2.27. The molecule has 1 N–H and O–H groups in total. The lowest BCUT2D eigenvalue weighted by molar-refractivity contribution is 0.0601. The summed E-state index contributed by atoms with van der Waals surface area (Å²) in [5, 5.41) is 3.40. The van der Waals surface area contributed by atoms with E-state index in [1.807, 2.05) is 6.07 Å². The number of aryl methyl sites for hydroxylation is 1. The van der Waals surface area contributed by atoms with E-state index in [1.54, 1.807) is 48.5 Å². The maximum absolute atomic E-state index is 12.9. The molecule has 0 spiro atoms. The third kappa shape index (κ3) is 5.15. The number of amides is 1. The average molecular weight is 499 g/mol. The Morgan fingerprint density at radius 1 is 1.03 bits per heavy atom. The number of nitrogens with zero attached hydrogens (tertiary/aromatic N) is 1. The molecule has 3 aromatic rings. The number of thiophene rings is 1. The Balaban J connectivity index is 1.53. The van der Waals surface area contributed by atoms with Gasteiger partial charge in [0.2, 0.25) is 10.0 Å². The predicted octanol–water partition coefficient (Wildman–Crippen LogP) is 4.63. The maximum Gasteiger partial charge on any atom is 0.341 e. The third-order valence-corrected chi connectivity index (χ3v) is 8.12. The number of nitrogens with one attached hydrogen (secondary N) is 1. The number of hydrogen-bond acceptors (Lipinski definition) is 6. The first-order valence-corrected chi connectivity index (χ1v) is 13.6. The summed E-state index contributed by atoms with van der Waals surface area (Å²) in [4.78, 5) is 26.5. The van der Waals surface area contributed by atoms with Crippen LogP contribution in [0.3, 0.4) is 0 Å². The van der Waals surface area contributed by atoms with Crippen molar-refractivity contribution in [2.24, 2.45) is 0 Å². The van der Waals surface area contributed by atoms with Crippen molar-refractivity contribution in [3.8, 4) is 0 Å². The smallest absolute Gasteiger partial charge is 0.341 e. The van der Waals surface area contributed by atoms with Gasteiger partial charge in [0, 0.05) is 10.4 Å². The van der Waals surface area contributed by atoms with E-state index in [1.165, 1.54) is 29.0 Å². The van der Waals surface area contributed by atoms with Crippen LogP contribution in [0, 0.1) is 0 Å². The standard InChI is InChI=1S/C25H26N2O5S2/c1-32-25(29)22-20-10-6-7-11-21(20)33-24(22)26-23(28)18-14-12-17(13-15-18)16-27(34(2,30)31)19-8-4-3-5-9-19/h3-5,8-9,12-15H,6-7,10-11,16H2,1-2H3,(H,26,28). The van der Waals surface area contributed by atoms with Crippen molar-refractivity contribution in [3.63, 3.8) is 0 Å². The largest absolute Gasteiger partial charge is 0.465 e. The topological polar surface area (TPSA) is 92.8 Å². The summed E-state index contributed by atoms with van der Waals surface area (Å²) < 4.78 is 31.0. The first kappa shape index (κ1) is 24.0. The van der Waals surface area contributed by atoms with E-state index < -0.39 is 16.0 Å². The minimum Gasteiger partial charge on any atom is -0.465 e. The van der Waals surface area contributed by atoms with Crippen LogP contribution in [0.2, 0.25) is 0 Å². The lowest BCUT2D eigenvalue weighted by atomic mass is 9.95. The molecule has 34 heavy (non-hydrogen) atoms. The fourth-order valence-corrected chi connectivity index (χ4v) is 6.23. The molecule has 0 saturated heterocycles. The Morgan fingerprint density at radius 3 is 2.35 bits per heavy atom. The number of anilines is 2. The second kappa shape index (κ2) is 9.99. The van der Waals surface area contributed by atoms with Gasteiger partial charge in [-0.1, -0.05) is 30.3 Å². The van der Waals surface area contributed by atoms with Gasteiger partial charge in [0.15, 0.2) is 0 Å². The zero-order valence-corrected chi connectivity index (χ0v) is 20.7. The lowest BCUT2D eigenvalue weighted by Crippen LogP contribution is -2.29. The highest BCUT2D eigenvalue weighted by atomic mass is 32.2. The van der Waals surface area contributed by atoms with Crippen LogP contribution in [0.1, 0.15) is 49.6 Å². The number of para-hydroxylation sites is 1. The molecule has 1 heterocycles. The molecule has 2 aromatic carbocycles. The zero-order chi connectivity index (χ0) is 24.3. The van der Waals surface area contributed by atoms with Gasteiger partial charge >= 0.3 is 5.97 Å². The van der Waals surface area contributed by atoms with E-state index in [0.29, 0.717) is 21.8 Å². The molecular weight excluding hydrogens is 472 g/mol. The van der Waals surface area contributed by atoms with Crippen LogP contribution >= 0.6 is 11.3 Å². The molecule has 0 bridgehead atoms. The van der Waals surface area contributed by atoms with Gasteiger partial charge < -0.3 is 10.1 Å². The molecule has 0 saturated carbocycles. The molecule has 0 atom stereocenters. The quantitative estimate of drug-likeness (QED) is 0.480. The van der Waals surface area contributed by atoms with Crippen LogP contribution in [-0.2, 0) is 34.1 Å². The van der Waals surface area contributed by atoms with E-state index in [9.17, 15) is 18.0 Å². The number of methoxy groups -OCH3 is 1. The number of carbonyl (C=O) groups excluding carboxylic acids is 2. The van der Waals surface area contributed by atoms with Gasteiger partial charge in [-0.05, 0) is 61.1 Å². The van der Waals surface area contributed by atoms with E-state index in [-0.39, 0.29) is 12.5 Å². The predicted molar refractivity (Wildman–Crippen MR) is 134 cm³/mol. The molecule has 4 rings (SSSR count). The fourth-order valence-electron chi connectivity index (χ4n) is 4.07. The van der Waals surface area contributed by atoms with Crippen LogP contribution in [0.25, 0.3) is 0 Å². The van der Waals surface area contributed by atoms with Crippen LogP contribution in [0.4, 0.5) is 10.7 Å². The van der Waals surface area contributed by atoms with Crippen molar-refractivity contribution in [2.45, 2.75) is 32.2 Å². The van der Waals surface area contributed by atoms with E-state index >= 15 is 0 Å². The van der Waals surface area contributed by atoms with Crippen molar-refractivity contribution < 1.29 is 22.7 Å². The van der Waals surface area contributed by atoms with Crippen LogP contribution in [-0.4, -0.2) is 33.7 Å². The highest BCUT2D eigenvalue weighted by Crippen LogP contribution is 2.38. The first-order valence-electron chi connectivity index (χ1n) is 10.9. The number of ether oxygens (including phenoxy) is 1. The van der Waals surface area contributed by atoms with Crippen LogP contribution in [0.15, 0.2) is 54.6 Å². The zero-order valence-electron chi connectivity index (χ0n) is 19.0. The SMILES string of the molecule is COC(=O)c1c(NC(=O)c2ccc(CN(c3ccccc3)S(C)(=O)=O)cc2)sc2c1CCCC2. The molecule has 0 aliphatic heterocycles. The summed E-state index contributed by atoms with van der Waals surface area (Å²) in [5.74, 6) is -0.773. The van der Waals surface area contributed by atoms with Crippen molar-refractivity contribution in [2.75, 3.05) is 23.0 Å².